The van der Waals surface area contributed by atoms with Gasteiger partial charge in [-0.05, 0) is 36.1 Å². The summed E-state index contributed by atoms with van der Waals surface area (Å²) in [5.74, 6) is 0. The van der Waals surface area contributed by atoms with Crippen LogP contribution in [-0.4, -0.2) is 16.2 Å². The molecule has 6 heteroatoms. The largest absolute Gasteiger partial charge is 0.416 e. The summed E-state index contributed by atoms with van der Waals surface area (Å²) in [5, 5.41) is 6.78. The maximum Gasteiger partial charge on any atom is 0.416 e. The second kappa shape index (κ2) is 5.66. The van der Waals surface area contributed by atoms with E-state index in [1.807, 2.05) is 6.92 Å². The van der Waals surface area contributed by atoms with E-state index in [0.717, 1.165) is 29.8 Å². The standard InChI is InChI=1S/C14H16F3N3/c1-2-12(18)7-10-8-19-20-13(10)9-3-5-11(6-4-9)14(15,16)17/h3-6,8,12H,2,7,18H2,1H3,(H,19,20). The molecule has 0 aliphatic rings. The van der Waals surface area contributed by atoms with E-state index in [1.165, 1.54) is 12.1 Å². The molecule has 2 rings (SSSR count). The Morgan fingerprint density at radius 1 is 1.25 bits per heavy atom. The monoisotopic (exact) mass is 283 g/mol. The first-order valence-corrected chi connectivity index (χ1v) is 6.37. The van der Waals surface area contributed by atoms with Gasteiger partial charge in [-0.15, -0.1) is 0 Å². The SMILES string of the molecule is CCC(N)Cc1cn[nH]c1-c1ccc(C(F)(F)F)cc1. The molecule has 0 spiro atoms. The normalized spacial score (nSPS) is 13.4. The third kappa shape index (κ3) is 3.19. The molecule has 1 unspecified atom stereocenters. The number of aromatic nitrogens is 2. The van der Waals surface area contributed by atoms with E-state index in [-0.39, 0.29) is 6.04 Å². The highest BCUT2D eigenvalue weighted by Gasteiger charge is 2.30. The average Bonchev–Trinajstić information content (AvgIpc) is 2.86. The maximum absolute atomic E-state index is 12.5. The van der Waals surface area contributed by atoms with Crippen LogP contribution in [-0.2, 0) is 12.6 Å². The summed E-state index contributed by atoms with van der Waals surface area (Å²) in [7, 11) is 0. The number of nitrogens with one attached hydrogen (secondary N) is 1. The molecule has 108 valence electrons. The lowest BCUT2D eigenvalue weighted by Gasteiger charge is -2.10. The first-order valence-electron chi connectivity index (χ1n) is 6.37. The summed E-state index contributed by atoms with van der Waals surface area (Å²) in [5.41, 5.74) is 7.56. The number of rotatable bonds is 4. The van der Waals surface area contributed by atoms with Gasteiger partial charge < -0.3 is 5.73 Å². The fraction of sp³-hybridized carbons (Fsp3) is 0.357. The fourth-order valence-corrected chi connectivity index (χ4v) is 1.97. The zero-order chi connectivity index (χ0) is 14.8. The van der Waals surface area contributed by atoms with E-state index >= 15 is 0 Å². The summed E-state index contributed by atoms with van der Waals surface area (Å²) < 4.78 is 37.6. The van der Waals surface area contributed by atoms with Gasteiger partial charge in [0.25, 0.3) is 0 Å². The number of nitrogens with two attached hydrogens (primary N) is 1. The number of H-pyrrole nitrogens is 1. The molecular weight excluding hydrogens is 267 g/mol. The van der Waals surface area contributed by atoms with Crippen molar-refractivity contribution in [1.82, 2.24) is 10.2 Å². The Morgan fingerprint density at radius 2 is 1.90 bits per heavy atom. The van der Waals surface area contributed by atoms with Crippen LogP contribution in [0, 0.1) is 0 Å². The molecule has 1 aromatic carbocycles. The van der Waals surface area contributed by atoms with Crippen molar-refractivity contribution in [1.29, 1.82) is 0 Å². The highest BCUT2D eigenvalue weighted by molar-refractivity contribution is 5.63. The van der Waals surface area contributed by atoms with Crippen molar-refractivity contribution in [3.63, 3.8) is 0 Å². The lowest BCUT2D eigenvalue weighted by Crippen LogP contribution is -2.21. The van der Waals surface area contributed by atoms with Crippen LogP contribution in [0.15, 0.2) is 30.5 Å². The van der Waals surface area contributed by atoms with Gasteiger partial charge in [0.1, 0.15) is 0 Å². The summed E-state index contributed by atoms with van der Waals surface area (Å²) in [4.78, 5) is 0. The predicted octanol–water partition coefficient (Wildman–Crippen LogP) is 3.38. The predicted molar refractivity (Wildman–Crippen MR) is 71.0 cm³/mol. The summed E-state index contributed by atoms with van der Waals surface area (Å²) in [6.45, 7) is 1.99. The van der Waals surface area contributed by atoms with Crippen LogP contribution < -0.4 is 5.73 Å². The lowest BCUT2D eigenvalue weighted by atomic mass is 10.0. The van der Waals surface area contributed by atoms with Crippen LogP contribution >= 0.6 is 0 Å². The van der Waals surface area contributed by atoms with Crippen molar-refractivity contribution in [2.45, 2.75) is 32.0 Å². The van der Waals surface area contributed by atoms with Crippen LogP contribution in [0.3, 0.4) is 0 Å². The summed E-state index contributed by atoms with van der Waals surface area (Å²) in [6, 6.07) is 5.04. The van der Waals surface area contributed by atoms with Crippen LogP contribution in [0.5, 0.6) is 0 Å². The molecule has 0 amide bonds. The topological polar surface area (TPSA) is 54.7 Å². The van der Waals surface area contributed by atoms with Crippen LogP contribution in [0.4, 0.5) is 13.2 Å². The third-order valence-corrected chi connectivity index (χ3v) is 3.23. The lowest BCUT2D eigenvalue weighted by molar-refractivity contribution is -0.137. The number of nitrogens with zero attached hydrogens (tertiary/aromatic N) is 1. The number of hydrogen-bond acceptors (Lipinski definition) is 2. The van der Waals surface area contributed by atoms with Gasteiger partial charge >= 0.3 is 6.18 Å². The Morgan fingerprint density at radius 3 is 2.45 bits per heavy atom. The minimum absolute atomic E-state index is 0.0146. The molecule has 3 nitrogen and oxygen atoms in total. The number of alkyl halides is 3. The molecular formula is C14H16F3N3. The molecule has 3 N–H and O–H groups in total. The summed E-state index contributed by atoms with van der Waals surface area (Å²) in [6.07, 6.45) is -1.18. The molecule has 0 radical (unpaired) electrons. The van der Waals surface area contributed by atoms with E-state index in [9.17, 15) is 13.2 Å². The van der Waals surface area contributed by atoms with Gasteiger partial charge in [0.2, 0.25) is 0 Å². The third-order valence-electron chi connectivity index (χ3n) is 3.23. The van der Waals surface area contributed by atoms with Crippen molar-refractivity contribution in [3.8, 4) is 11.3 Å². The highest BCUT2D eigenvalue weighted by atomic mass is 19.4. The number of halogens is 3. The van der Waals surface area contributed by atoms with Crippen molar-refractivity contribution in [2.75, 3.05) is 0 Å². The first kappa shape index (κ1) is 14.6. The second-order valence-corrected chi connectivity index (χ2v) is 4.72. The van der Waals surface area contributed by atoms with Crippen LogP contribution in [0.25, 0.3) is 11.3 Å². The minimum Gasteiger partial charge on any atom is -0.327 e. The Labute approximate surface area is 115 Å². The van der Waals surface area contributed by atoms with Gasteiger partial charge in [-0.1, -0.05) is 19.1 Å². The molecule has 0 aliphatic heterocycles. The molecule has 1 heterocycles. The van der Waals surface area contributed by atoms with Crippen LogP contribution in [0.2, 0.25) is 0 Å². The van der Waals surface area contributed by atoms with E-state index in [4.69, 9.17) is 5.73 Å². The second-order valence-electron chi connectivity index (χ2n) is 4.72. The van der Waals surface area contributed by atoms with Crippen molar-refractivity contribution >= 4 is 0 Å². The molecule has 20 heavy (non-hydrogen) atoms. The zero-order valence-electron chi connectivity index (χ0n) is 11.0. The van der Waals surface area contributed by atoms with E-state index in [1.54, 1.807) is 6.20 Å². The van der Waals surface area contributed by atoms with E-state index in [2.05, 4.69) is 10.2 Å². The minimum atomic E-state index is -4.32. The first-order chi connectivity index (χ1) is 9.41. The average molecular weight is 283 g/mol. The van der Waals surface area contributed by atoms with Gasteiger partial charge in [0.05, 0.1) is 17.5 Å². The Hall–Kier alpha value is -1.82. The Balaban J connectivity index is 2.26. The molecule has 0 fully saturated rings. The van der Waals surface area contributed by atoms with Crippen molar-refractivity contribution < 1.29 is 13.2 Å². The molecule has 1 aromatic heterocycles. The molecule has 0 aliphatic carbocycles. The highest BCUT2D eigenvalue weighted by Crippen LogP contribution is 2.31. The molecule has 0 saturated heterocycles. The molecule has 1 atom stereocenters. The number of aromatic amines is 1. The van der Waals surface area contributed by atoms with Gasteiger partial charge in [0.15, 0.2) is 0 Å². The molecule has 0 saturated carbocycles. The molecule has 0 bridgehead atoms. The Kier molecular flexibility index (Phi) is 4.13. The van der Waals surface area contributed by atoms with Gasteiger partial charge in [-0.2, -0.15) is 18.3 Å². The maximum atomic E-state index is 12.5. The van der Waals surface area contributed by atoms with Crippen molar-refractivity contribution in [3.05, 3.63) is 41.6 Å². The van der Waals surface area contributed by atoms with Crippen molar-refractivity contribution in [2.24, 2.45) is 5.73 Å². The van der Waals surface area contributed by atoms with Crippen LogP contribution in [0.1, 0.15) is 24.5 Å². The number of benzene rings is 1. The fourth-order valence-electron chi connectivity index (χ4n) is 1.97. The smallest absolute Gasteiger partial charge is 0.327 e. The zero-order valence-corrected chi connectivity index (χ0v) is 11.0. The van der Waals surface area contributed by atoms with Gasteiger partial charge in [0, 0.05) is 6.04 Å². The van der Waals surface area contributed by atoms with E-state index in [0.29, 0.717) is 12.0 Å². The quantitative estimate of drug-likeness (QED) is 0.903. The van der Waals surface area contributed by atoms with Gasteiger partial charge in [-0.25, -0.2) is 0 Å². The Bertz CT molecular complexity index is 558. The number of hydrogen-bond donors (Lipinski definition) is 2. The summed E-state index contributed by atoms with van der Waals surface area (Å²) >= 11 is 0. The molecule has 2 aromatic rings. The van der Waals surface area contributed by atoms with Gasteiger partial charge in [-0.3, -0.25) is 5.10 Å². The van der Waals surface area contributed by atoms with E-state index < -0.39 is 11.7 Å².